The van der Waals surface area contributed by atoms with E-state index in [1.54, 1.807) is 12.1 Å². The van der Waals surface area contributed by atoms with E-state index in [1.165, 1.54) is 6.07 Å². The molecule has 2 nitrogen and oxygen atoms in total. The predicted molar refractivity (Wildman–Crippen MR) is 145 cm³/mol. The second kappa shape index (κ2) is 9.14. The zero-order valence-electron chi connectivity index (χ0n) is 20.0. The van der Waals surface area contributed by atoms with Gasteiger partial charge in [0, 0.05) is 10.9 Å². The van der Waals surface area contributed by atoms with Crippen LogP contribution in [0.25, 0.3) is 21.5 Å². The van der Waals surface area contributed by atoms with Gasteiger partial charge >= 0.3 is 6.18 Å². The quantitative estimate of drug-likeness (QED) is 0.210. The summed E-state index contributed by atoms with van der Waals surface area (Å²) >= 11 is 6.12. The second-order valence-corrected chi connectivity index (χ2v) is 12.2. The molecule has 0 spiro atoms. The highest BCUT2D eigenvalue weighted by Crippen LogP contribution is 2.51. The van der Waals surface area contributed by atoms with Gasteiger partial charge in [-0.2, -0.15) is 13.2 Å². The number of hydrogen-bond donors (Lipinski definition) is 0. The van der Waals surface area contributed by atoms with Crippen molar-refractivity contribution in [1.82, 2.24) is 0 Å². The molecule has 1 aliphatic carbocycles. The van der Waals surface area contributed by atoms with Crippen molar-refractivity contribution in [1.29, 1.82) is 0 Å². The molecule has 0 fully saturated rings. The Bertz CT molecular complexity index is 1790. The SMILES string of the molecule is O=S(=O)(c1cccc(C(F)(F)F)c1)C1c2c(ccc3c2ccc2ccccc23)CCC1c1ccc(Cl)cc1. The lowest BCUT2D eigenvalue weighted by Gasteiger charge is -2.35. The van der Waals surface area contributed by atoms with Gasteiger partial charge in [-0.1, -0.05) is 78.3 Å². The van der Waals surface area contributed by atoms with Crippen LogP contribution in [-0.4, -0.2) is 8.42 Å². The van der Waals surface area contributed by atoms with Crippen molar-refractivity contribution in [3.63, 3.8) is 0 Å². The Morgan fingerprint density at radius 2 is 1.50 bits per heavy atom. The Morgan fingerprint density at radius 1 is 0.763 bits per heavy atom. The molecular formula is C31H22ClF3O2S. The second-order valence-electron chi connectivity index (χ2n) is 9.71. The molecule has 6 rings (SSSR count). The first-order valence-corrected chi connectivity index (χ1v) is 14.2. The van der Waals surface area contributed by atoms with Crippen LogP contribution >= 0.6 is 11.6 Å². The fraction of sp³-hybridized carbons (Fsp3) is 0.161. The summed E-state index contributed by atoms with van der Waals surface area (Å²) in [6, 6.07) is 26.9. The number of fused-ring (bicyclic) bond motifs is 5. The number of sulfone groups is 1. The Kier molecular flexibility index (Phi) is 6.00. The number of benzene rings is 5. The monoisotopic (exact) mass is 550 g/mol. The largest absolute Gasteiger partial charge is 0.416 e. The molecule has 2 atom stereocenters. The first kappa shape index (κ1) is 25.0. The Hall–Kier alpha value is -3.35. The van der Waals surface area contributed by atoms with Crippen LogP contribution in [0.15, 0.2) is 102 Å². The molecule has 0 bridgehead atoms. The number of alkyl halides is 3. The molecule has 0 aliphatic heterocycles. The van der Waals surface area contributed by atoms with E-state index in [9.17, 15) is 21.6 Å². The van der Waals surface area contributed by atoms with E-state index in [0.717, 1.165) is 50.9 Å². The van der Waals surface area contributed by atoms with E-state index in [4.69, 9.17) is 11.6 Å². The van der Waals surface area contributed by atoms with Gasteiger partial charge in [0.2, 0.25) is 0 Å². The first-order chi connectivity index (χ1) is 18.1. The fourth-order valence-corrected chi connectivity index (χ4v) is 8.09. The lowest BCUT2D eigenvalue weighted by molar-refractivity contribution is -0.137. The number of halogens is 4. The van der Waals surface area contributed by atoms with E-state index in [0.29, 0.717) is 23.4 Å². The number of rotatable bonds is 3. The summed E-state index contributed by atoms with van der Waals surface area (Å²) in [6.07, 6.45) is -3.46. The van der Waals surface area contributed by atoms with Gasteiger partial charge in [-0.05, 0) is 81.4 Å². The van der Waals surface area contributed by atoms with E-state index in [-0.39, 0.29) is 4.90 Å². The molecule has 0 saturated carbocycles. The highest BCUT2D eigenvalue weighted by atomic mass is 35.5. The molecule has 5 aromatic rings. The average molecular weight is 551 g/mol. The molecule has 192 valence electrons. The number of hydrogen-bond acceptors (Lipinski definition) is 2. The molecule has 2 unspecified atom stereocenters. The normalized spacial score (nSPS) is 18.0. The van der Waals surface area contributed by atoms with Gasteiger partial charge in [0.05, 0.1) is 15.7 Å². The Morgan fingerprint density at radius 3 is 2.26 bits per heavy atom. The van der Waals surface area contributed by atoms with Gasteiger partial charge in [0.1, 0.15) is 0 Å². The molecule has 5 aromatic carbocycles. The summed E-state index contributed by atoms with van der Waals surface area (Å²) in [7, 11) is -4.24. The molecule has 0 saturated heterocycles. The summed E-state index contributed by atoms with van der Waals surface area (Å²) in [5, 5.41) is 3.21. The van der Waals surface area contributed by atoms with Crippen molar-refractivity contribution in [2.45, 2.75) is 35.1 Å². The standard InChI is InChI=1S/C31H22ClF3O2S/c32-23-13-8-20(9-14-23)26-15-11-21-12-16-27-25-7-2-1-4-19(25)10-17-28(27)29(21)30(26)38(36,37)24-6-3-5-22(18-24)31(33,34)35/h1-10,12-14,16-18,26,30H,11,15H2. The predicted octanol–water partition coefficient (Wildman–Crippen LogP) is 8.91. The van der Waals surface area contributed by atoms with Gasteiger partial charge in [-0.3, -0.25) is 0 Å². The summed E-state index contributed by atoms with van der Waals surface area (Å²) in [6.45, 7) is 0. The molecule has 38 heavy (non-hydrogen) atoms. The highest BCUT2D eigenvalue weighted by molar-refractivity contribution is 7.91. The van der Waals surface area contributed by atoms with Crippen LogP contribution in [0.2, 0.25) is 5.02 Å². The topological polar surface area (TPSA) is 34.1 Å². The van der Waals surface area contributed by atoms with Crippen LogP contribution in [0.3, 0.4) is 0 Å². The van der Waals surface area contributed by atoms with Crippen LogP contribution in [0.4, 0.5) is 13.2 Å². The third-order valence-electron chi connectivity index (χ3n) is 7.56. The minimum Gasteiger partial charge on any atom is -0.223 e. The smallest absolute Gasteiger partial charge is 0.223 e. The molecule has 0 N–H and O–H groups in total. The minimum absolute atomic E-state index is 0.332. The molecule has 0 aromatic heterocycles. The summed E-state index contributed by atoms with van der Waals surface area (Å²) in [5.41, 5.74) is 1.37. The zero-order valence-corrected chi connectivity index (χ0v) is 21.6. The van der Waals surface area contributed by atoms with E-state index in [1.807, 2.05) is 60.7 Å². The third kappa shape index (κ3) is 4.16. The van der Waals surface area contributed by atoms with E-state index < -0.39 is 32.7 Å². The van der Waals surface area contributed by atoms with Gasteiger partial charge < -0.3 is 0 Å². The third-order valence-corrected chi connectivity index (χ3v) is 9.95. The minimum atomic E-state index is -4.66. The van der Waals surface area contributed by atoms with Crippen LogP contribution in [0, 0.1) is 0 Å². The maximum absolute atomic E-state index is 14.4. The Labute approximate surface area is 223 Å². The molecular weight excluding hydrogens is 529 g/mol. The van der Waals surface area contributed by atoms with Gasteiger partial charge in [-0.15, -0.1) is 0 Å². The molecule has 0 radical (unpaired) electrons. The van der Waals surface area contributed by atoms with Crippen molar-refractivity contribution in [2.24, 2.45) is 0 Å². The lowest BCUT2D eigenvalue weighted by atomic mass is 9.77. The molecule has 0 amide bonds. The molecule has 0 heterocycles. The maximum Gasteiger partial charge on any atom is 0.416 e. The van der Waals surface area contributed by atoms with Crippen LogP contribution in [0.1, 0.15) is 39.8 Å². The maximum atomic E-state index is 14.4. The van der Waals surface area contributed by atoms with Crippen molar-refractivity contribution in [3.05, 3.63) is 124 Å². The van der Waals surface area contributed by atoms with E-state index in [2.05, 4.69) is 0 Å². The molecule has 1 aliphatic rings. The van der Waals surface area contributed by atoms with Crippen LogP contribution in [-0.2, 0) is 22.4 Å². The lowest BCUT2D eigenvalue weighted by Crippen LogP contribution is -2.27. The van der Waals surface area contributed by atoms with Crippen LogP contribution < -0.4 is 0 Å². The van der Waals surface area contributed by atoms with E-state index >= 15 is 0 Å². The van der Waals surface area contributed by atoms with Crippen molar-refractivity contribution in [3.8, 4) is 0 Å². The van der Waals surface area contributed by atoms with Crippen molar-refractivity contribution in [2.75, 3.05) is 0 Å². The van der Waals surface area contributed by atoms with Gasteiger partial charge in [-0.25, -0.2) is 8.42 Å². The summed E-state index contributed by atoms with van der Waals surface area (Å²) in [4.78, 5) is -0.332. The van der Waals surface area contributed by atoms with Crippen molar-refractivity contribution < 1.29 is 21.6 Å². The highest BCUT2D eigenvalue weighted by Gasteiger charge is 2.42. The van der Waals surface area contributed by atoms with Crippen LogP contribution in [0.5, 0.6) is 0 Å². The summed E-state index contributed by atoms with van der Waals surface area (Å²) in [5.74, 6) is -0.462. The average Bonchev–Trinajstić information content (AvgIpc) is 2.92. The molecule has 7 heteroatoms. The fourth-order valence-electron chi connectivity index (χ4n) is 5.79. The first-order valence-electron chi connectivity index (χ1n) is 12.2. The van der Waals surface area contributed by atoms with Gasteiger partial charge in [0.15, 0.2) is 9.84 Å². The zero-order chi connectivity index (χ0) is 26.7. The number of aryl methyl sites for hydroxylation is 1. The van der Waals surface area contributed by atoms with Crippen molar-refractivity contribution >= 4 is 43.0 Å². The van der Waals surface area contributed by atoms with Gasteiger partial charge in [0.25, 0.3) is 0 Å². The summed E-state index contributed by atoms with van der Waals surface area (Å²) < 4.78 is 69.5. The Balaban J connectivity index is 1.64.